The van der Waals surface area contributed by atoms with E-state index in [-0.39, 0.29) is 5.91 Å². The van der Waals surface area contributed by atoms with Crippen molar-refractivity contribution in [2.45, 2.75) is 0 Å². The van der Waals surface area contributed by atoms with E-state index in [9.17, 15) is 4.79 Å². The molecule has 0 aliphatic rings. The maximum atomic E-state index is 12.3. The third kappa shape index (κ3) is 3.12. The third-order valence-electron chi connectivity index (χ3n) is 2.72. The van der Waals surface area contributed by atoms with Gasteiger partial charge in [0.1, 0.15) is 5.75 Å². The van der Waals surface area contributed by atoms with Gasteiger partial charge in [0.15, 0.2) is 0 Å². The molecule has 0 atom stereocenters. The van der Waals surface area contributed by atoms with Crippen molar-refractivity contribution in [3.8, 4) is 5.75 Å². The highest BCUT2D eigenvalue weighted by Crippen LogP contribution is 2.20. The molecule has 0 saturated carbocycles. The highest BCUT2D eigenvalue weighted by molar-refractivity contribution is 9.10. The van der Waals surface area contributed by atoms with Crippen LogP contribution in [0.15, 0.2) is 47.2 Å². The largest absolute Gasteiger partial charge is 0.497 e. The molecule has 0 aliphatic carbocycles. The molecule has 5 heteroatoms. The smallest absolute Gasteiger partial charge is 0.259 e. The summed E-state index contributed by atoms with van der Waals surface area (Å²) >= 11 is 3.30. The summed E-state index contributed by atoms with van der Waals surface area (Å²) in [4.78, 5) is 17.9. The van der Waals surface area contributed by atoms with Gasteiger partial charge in [-0.1, -0.05) is 0 Å². The Labute approximate surface area is 120 Å². The first-order chi connectivity index (χ1) is 9.11. The summed E-state index contributed by atoms with van der Waals surface area (Å²) in [6.45, 7) is 0. The number of halogens is 1. The van der Waals surface area contributed by atoms with Gasteiger partial charge in [0, 0.05) is 29.6 Å². The van der Waals surface area contributed by atoms with Crippen LogP contribution in [0, 0.1) is 0 Å². The minimum atomic E-state index is -0.112. The van der Waals surface area contributed by atoms with Crippen molar-refractivity contribution in [1.29, 1.82) is 0 Å². The van der Waals surface area contributed by atoms with E-state index in [4.69, 9.17) is 4.74 Å². The van der Waals surface area contributed by atoms with E-state index in [1.807, 2.05) is 24.3 Å². The minimum absolute atomic E-state index is 0.112. The number of carbonyl (C=O) groups is 1. The molecule has 0 fully saturated rings. The Morgan fingerprint density at radius 3 is 2.53 bits per heavy atom. The van der Waals surface area contributed by atoms with Crippen molar-refractivity contribution in [2.75, 3.05) is 19.1 Å². The van der Waals surface area contributed by atoms with Crippen LogP contribution in [-0.4, -0.2) is 25.0 Å². The van der Waals surface area contributed by atoms with Crippen LogP contribution in [0.1, 0.15) is 10.4 Å². The number of carbonyl (C=O) groups excluding carboxylic acids is 1. The van der Waals surface area contributed by atoms with Gasteiger partial charge in [-0.05, 0) is 46.3 Å². The van der Waals surface area contributed by atoms with Gasteiger partial charge in [-0.15, -0.1) is 0 Å². The predicted molar refractivity (Wildman–Crippen MR) is 77.7 cm³/mol. The summed E-state index contributed by atoms with van der Waals surface area (Å²) in [6, 6.07) is 9.05. The molecule has 4 nitrogen and oxygen atoms in total. The molecule has 0 bridgehead atoms. The summed E-state index contributed by atoms with van der Waals surface area (Å²) in [7, 11) is 3.34. The fourth-order valence-corrected chi connectivity index (χ4v) is 2.01. The lowest BCUT2D eigenvalue weighted by Gasteiger charge is -2.17. The Bertz CT molecular complexity index is 584. The van der Waals surface area contributed by atoms with Gasteiger partial charge in [0.25, 0.3) is 5.91 Å². The highest BCUT2D eigenvalue weighted by Gasteiger charge is 2.14. The number of pyridine rings is 1. The Morgan fingerprint density at radius 1 is 1.26 bits per heavy atom. The van der Waals surface area contributed by atoms with E-state index in [1.165, 1.54) is 0 Å². The van der Waals surface area contributed by atoms with Crippen LogP contribution in [0.4, 0.5) is 5.69 Å². The molecule has 1 amide bonds. The van der Waals surface area contributed by atoms with E-state index in [0.29, 0.717) is 5.56 Å². The molecule has 0 saturated heterocycles. The monoisotopic (exact) mass is 320 g/mol. The quantitative estimate of drug-likeness (QED) is 0.872. The molecular formula is C14H13BrN2O2. The van der Waals surface area contributed by atoms with Crippen molar-refractivity contribution in [1.82, 2.24) is 4.98 Å². The second-order valence-electron chi connectivity index (χ2n) is 3.95. The highest BCUT2D eigenvalue weighted by atomic mass is 79.9. The number of rotatable bonds is 3. The first-order valence-electron chi connectivity index (χ1n) is 5.64. The average molecular weight is 321 g/mol. The zero-order valence-corrected chi connectivity index (χ0v) is 12.2. The molecule has 0 N–H and O–H groups in total. The number of hydrogen-bond acceptors (Lipinski definition) is 3. The molecule has 0 aliphatic heterocycles. The Balaban J connectivity index is 2.23. The molecule has 0 unspecified atom stereocenters. The topological polar surface area (TPSA) is 42.4 Å². The normalized spacial score (nSPS) is 10.1. The lowest BCUT2D eigenvalue weighted by Crippen LogP contribution is -2.26. The summed E-state index contributed by atoms with van der Waals surface area (Å²) < 4.78 is 5.87. The Hall–Kier alpha value is -1.88. The molecule has 2 rings (SSSR count). The number of methoxy groups -OCH3 is 1. The zero-order valence-electron chi connectivity index (χ0n) is 10.6. The van der Waals surface area contributed by atoms with Gasteiger partial charge >= 0.3 is 0 Å². The molecule has 1 aromatic carbocycles. The second-order valence-corrected chi connectivity index (χ2v) is 4.87. The molecule has 19 heavy (non-hydrogen) atoms. The summed E-state index contributed by atoms with van der Waals surface area (Å²) in [5.41, 5.74) is 1.33. The Kier molecular flexibility index (Phi) is 4.16. The molecule has 0 radical (unpaired) electrons. The molecule has 98 valence electrons. The summed E-state index contributed by atoms with van der Waals surface area (Å²) in [5, 5.41) is 0. The van der Waals surface area contributed by atoms with Crippen molar-refractivity contribution < 1.29 is 9.53 Å². The first kappa shape index (κ1) is 13.5. The molecular weight excluding hydrogens is 308 g/mol. The minimum Gasteiger partial charge on any atom is -0.497 e. The van der Waals surface area contributed by atoms with Crippen molar-refractivity contribution in [3.63, 3.8) is 0 Å². The third-order valence-corrected chi connectivity index (χ3v) is 3.15. The van der Waals surface area contributed by atoms with Gasteiger partial charge in [-0.25, -0.2) is 0 Å². The van der Waals surface area contributed by atoms with Crippen LogP contribution in [0.3, 0.4) is 0 Å². The van der Waals surface area contributed by atoms with Crippen molar-refractivity contribution in [3.05, 3.63) is 52.8 Å². The van der Waals surface area contributed by atoms with Gasteiger partial charge in [-0.2, -0.15) is 0 Å². The lowest BCUT2D eigenvalue weighted by atomic mass is 10.2. The Morgan fingerprint density at radius 2 is 1.95 bits per heavy atom. The number of anilines is 1. The fraction of sp³-hybridized carbons (Fsp3) is 0.143. The number of aromatic nitrogens is 1. The van der Waals surface area contributed by atoms with E-state index >= 15 is 0 Å². The number of hydrogen-bond donors (Lipinski definition) is 0. The zero-order chi connectivity index (χ0) is 13.8. The number of amides is 1. The number of nitrogens with zero attached hydrogens (tertiary/aromatic N) is 2. The van der Waals surface area contributed by atoms with Crippen LogP contribution >= 0.6 is 15.9 Å². The lowest BCUT2D eigenvalue weighted by molar-refractivity contribution is 0.0992. The average Bonchev–Trinajstić information content (AvgIpc) is 2.46. The van der Waals surface area contributed by atoms with Crippen molar-refractivity contribution in [2.24, 2.45) is 0 Å². The SMILES string of the molecule is COc1ccc(N(C)C(=O)c2cncc(Br)c2)cc1. The van der Waals surface area contributed by atoms with Gasteiger partial charge in [0.05, 0.1) is 12.7 Å². The van der Waals surface area contributed by atoms with Gasteiger partial charge < -0.3 is 9.64 Å². The molecule has 2 aromatic rings. The van der Waals surface area contributed by atoms with Crippen LogP contribution in [-0.2, 0) is 0 Å². The molecule has 1 aromatic heterocycles. The molecule has 0 spiro atoms. The van der Waals surface area contributed by atoms with Crippen LogP contribution in [0.5, 0.6) is 5.75 Å². The maximum absolute atomic E-state index is 12.3. The first-order valence-corrected chi connectivity index (χ1v) is 6.44. The fourth-order valence-electron chi connectivity index (χ4n) is 1.65. The maximum Gasteiger partial charge on any atom is 0.259 e. The standard InChI is InChI=1S/C14H13BrN2O2/c1-17(12-3-5-13(19-2)6-4-12)14(18)10-7-11(15)9-16-8-10/h3-9H,1-2H3. The van der Waals surface area contributed by atoms with E-state index in [1.54, 1.807) is 37.5 Å². The second kappa shape index (κ2) is 5.84. The number of ether oxygens (including phenoxy) is 1. The van der Waals surface area contributed by atoms with E-state index < -0.39 is 0 Å². The molecule has 1 heterocycles. The van der Waals surface area contributed by atoms with Gasteiger partial charge in [0.2, 0.25) is 0 Å². The predicted octanol–water partition coefficient (Wildman–Crippen LogP) is 3.13. The van der Waals surface area contributed by atoms with Gasteiger partial charge in [-0.3, -0.25) is 9.78 Å². The van der Waals surface area contributed by atoms with Crippen molar-refractivity contribution >= 4 is 27.5 Å². The van der Waals surface area contributed by atoms with Crippen LogP contribution in [0.25, 0.3) is 0 Å². The number of benzene rings is 1. The van der Waals surface area contributed by atoms with Crippen LogP contribution in [0.2, 0.25) is 0 Å². The van der Waals surface area contributed by atoms with Crippen LogP contribution < -0.4 is 9.64 Å². The summed E-state index contributed by atoms with van der Waals surface area (Å²) in [6.07, 6.45) is 3.19. The van der Waals surface area contributed by atoms with E-state index in [2.05, 4.69) is 20.9 Å². The van der Waals surface area contributed by atoms with E-state index in [0.717, 1.165) is 15.9 Å². The summed E-state index contributed by atoms with van der Waals surface area (Å²) in [5.74, 6) is 0.646.